The molecule has 4 nitrogen and oxygen atoms in total. The molecule has 0 saturated heterocycles. The highest BCUT2D eigenvalue weighted by atomic mass is 35.5. The summed E-state index contributed by atoms with van der Waals surface area (Å²) in [6.07, 6.45) is 1.54. The fourth-order valence-corrected chi connectivity index (χ4v) is 1.93. The van der Waals surface area contributed by atoms with Crippen LogP contribution in [0, 0.1) is 6.92 Å². The lowest BCUT2D eigenvalue weighted by molar-refractivity contribution is 0.259. The number of aliphatic hydroxyl groups excluding tert-OH is 1. The number of aryl methyl sites for hydroxylation is 1. The minimum absolute atomic E-state index is 0.0575. The van der Waals surface area contributed by atoms with E-state index in [-0.39, 0.29) is 23.9 Å². The molecule has 114 valence electrons. The van der Waals surface area contributed by atoms with Crippen molar-refractivity contribution in [2.45, 2.75) is 6.92 Å². The minimum atomic E-state index is -0.318. The number of ether oxygens (including phenoxy) is 1. The molecule has 0 fully saturated rings. The number of halogens is 1. The summed E-state index contributed by atoms with van der Waals surface area (Å²) >= 11 is 5.82. The Hall–Kier alpha value is -2.30. The molecule has 0 unspecified atom stereocenters. The van der Waals surface area contributed by atoms with Crippen molar-refractivity contribution in [3.63, 3.8) is 0 Å². The summed E-state index contributed by atoms with van der Waals surface area (Å²) in [6.45, 7) is 5.09. The first-order chi connectivity index (χ1) is 10.5. The molecule has 2 aromatic rings. The molecule has 0 aliphatic carbocycles. The number of aliphatic hydroxyl groups is 1. The van der Waals surface area contributed by atoms with Crippen LogP contribution in [-0.2, 0) is 0 Å². The van der Waals surface area contributed by atoms with Crippen molar-refractivity contribution in [1.82, 2.24) is 0 Å². The third-order valence-electron chi connectivity index (χ3n) is 2.86. The Bertz CT molecular complexity index is 709. The highest BCUT2D eigenvalue weighted by molar-refractivity contribution is 6.30. The van der Waals surface area contributed by atoms with Crippen molar-refractivity contribution in [2.24, 2.45) is 4.99 Å². The molecule has 2 N–H and O–H groups in total. The Labute approximate surface area is 134 Å². The zero-order valence-electron chi connectivity index (χ0n) is 12.1. The van der Waals surface area contributed by atoms with Gasteiger partial charge in [0.05, 0.1) is 5.69 Å². The second-order valence-corrected chi connectivity index (χ2v) is 5.17. The first-order valence-corrected chi connectivity index (χ1v) is 6.97. The lowest BCUT2D eigenvalue weighted by Gasteiger charge is -2.11. The molecule has 0 saturated carbocycles. The summed E-state index contributed by atoms with van der Waals surface area (Å²) in [5.74, 6) is 0.330. The summed E-state index contributed by atoms with van der Waals surface area (Å²) in [4.78, 5) is 4.29. The van der Waals surface area contributed by atoms with Crippen LogP contribution in [-0.4, -0.2) is 23.0 Å². The molecule has 0 atom stereocenters. The number of nitrogens with zero attached hydrogens (tertiary/aromatic N) is 1. The molecule has 0 radical (unpaired) electrons. The van der Waals surface area contributed by atoms with Gasteiger partial charge < -0.3 is 14.9 Å². The molecular formula is C17H16ClNO3. The van der Waals surface area contributed by atoms with E-state index in [1.165, 1.54) is 0 Å². The van der Waals surface area contributed by atoms with Gasteiger partial charge in [0.2, 0.25) is 0 Å². The van der Waals surface area contributed by atoms with Crippen LogP contribution < -0.4 is 4.74 Å². The molecule has 0 aliphatic heterocycles. The Morgan fingerprint density at radius 3 is 2.64 bits per heavy atom. The smallest absolute Gasteiger partial charge is 0.169 e. The maximum Gasteiger partial charge on any atom is 0.169 e. The average molecular weight is 318 g/mol. The monoisotopic (exact) mass is 317 g/mol. The van der Waals surface area contributed by atoms with Crippen LogP contribution in [0.25, 0.3) is 0 Å². The second kappa shape index (κ2) is 7.11. The maximum atomic E-state index is 10.2. The molecule has 0 aromatic heterocycles. The average Bonchev–Trinajstić information content (AvgIpc) is 2.50. The molecule has 0 aliphatic rings. The summed E-state index contributed by atoms with van der Waals surface area (Å²) in [6, 6.07) is 10.5. The molecule has 0 heterocycles. The maximum absolute atomic E-state index is 10.2. The van der Waals surface area contributed by atoms with E-state index >= 15 is 0 Å². The Morgan fingerprint density at radius 2 is 2.00 bits per heavy atom. The molecule has 0 bridgehead atoms. The molecule has 5 heteroatoms. The summed E-state index contributed by atoms with van der Waals surface area (Å²) in [7, 11) is 0. The van der Waals surface area contributed by atoms with Crippen molar-refractivity contribution in [2.75, 3.05) is 6.61 Å². The quantitative estimate of drug-likeness (QED) is 0.647. The van der Waals surface area contributed by atoms with E-state index < -0.39 is 0 Å². The van der Waals surface area contributed by atoms with Gasteiger partial charge in [-0.25, -0.2) is 0 Å². The lowest BCUT2D eigenvalue weighted by atomic mass is 10.1. The van der Waals surface area contributed by atoms with E-state index in [9.17, 15) is 5.11 Å². The number of hydrogen-bond donors (Lipinski definition) is 2. The zero-order chi connectivity index (χ0) is 16.1. The molecule has 22 heavy (non-hydrogen) atoms. The Kier molecular flexibility index (Phi) is 5.20. The van der Waals surface area contributed by atoms with E-state index in [0.29, 0.717) is 16.3 Å². The minimum Gasteiger partial charge on any atom is -0.504 e. The normalized spacial score (nSPS) is 10.9. The van der Waals surface area contributed by atoms with E-state index in [1.807, 2.05) is 6.92 Å². The SMILES string of the molecule is C=C(CO)Oc1cc(C)cc(C=Nc2ccc(Cl)cc2)c1O. The van der Waals surface area contributed by atoms with Gasteiger partial charge in [-0.15, -0.1) is 0 Å². The summed E-state index contributed by atoms with van der Waals surface area (Å²) in [5, 5.41) is 19.8. The largest absolute Gasteiger partial charge is 0.504 e. The van der Waals surface area contributed by atoms with E-state index in [1.54, 1.807) is 42.6 Å². The molecular weight excluding hydrogens is 302 g/mol. The zero-order valence-corrected chi connectivity index (χ0v) is 12.8. The number of benzene rings is 2. The highest BCUT2D eigenvalue weighted by Crippen LogP contribution is 2.32. The van der Waals surface area contributed by atoms with Gasteiger partial charge in [-0.3, -0.25) is 4.99 Å². The van der Waals surface area contributed by atoms with Crippen molar-refractivity contribution in [3.8, 4) is 11.5 Å². The third-order valence-corrected chi connectivity index (χ3v) is 3.11. The first-order valence-electron chi connectivity index (χ1n) is 6.59. The predicted molar refractivity (Wildman–Crippen MR) is 88.4 cm³/mol. The summed E-state index contributed by atoms with van der Waals surface area (Å²) < 4.78 is 5.31. The van der Waals surface area contributed by atoms with Gasteiger partial charge in [0.1, 0.15) is 12.4 Å². The molecule has 2 aromatic carbocycles. The number of aliphatic imine (C=N–C) groups is 1. The Balaban J connectivity index is 2.30. The van der Waals surface area contributed by atoms with Crippen LogP contribution >= 0.6 is 11.6 Å². The van der Waals surface area contributed by atoms with Crippen LogP contribution in [0.5, 0.6) is 11.5 Å². The van der Waals surface area contributed by atoms with Gasteiger partial charge in [-0.1, -0.05) is 18.2 Å². The fraction of sp³-hybridized carbons (Fsp3) is 0.118. The van der Waals surface area contributed by atoms with Crippen molar-refractivity contribution >= 4 is 23.5 Å². The molecule has 2 rings (SSSR count). The van der Waals surface area contributed by atoms with Gasteiger partial charge in [-0.2, -0.15) is 0 Å². The number of phenols is 1. The van der Waals surface area contributed by atoms with Crippen molar-refractivity contribution in [1.29, 1.82) is 0 Å². The number of aromatic hydroxyl groups is 1. The number of hydrogen-bond acceptors (Lipinski definition) is 4. The van der Waals surface area contributed by atoms with Crippen LogP contribution in [0.15, 0.2) is 53.7 Å². The second-order valence-electron chi connectivity index (χ2n) is 4.73. The number of phenolic OH excluding ortho intramolecular Hbond substituents is 1. The van der Waals surface area contributed by atoms with E-state index in [0.717, 1.165) is 5.56 Å². The highest BCUT2D eigenvalue weighted by Gasteiger charge is 2.10. The summed E-state index contributed by atoms with van der Waals surface area (Å²) in [5.41, 5.74) is 2.11. The van der Waals surface area contributed by atoms with Gasteiger partial charge in [0.25, 0.3) is 0 Å². The van der Waals surface area contributed by atoms with Crippen molar-refractivity contribution in [3.05, 3.63) is 64.9 Å². The number of rotatable bonds is 5. The van der Waals surface area contributed by atoms with Gasteiger partial charge >= 0.3 is 0 Å². The Morgan fingerprint density at radius 1 is 1.32 bits per heavy atom. The van der Waals surface area contributed by atoms with Gasteiger partial charge in [0.15, 0.2) is 11.5 Å². The molecule has 0 amide bonds. The van der Waals surface area contributed by atoms with Crippen LogP contribution in [0.2, 0.25) is 5.02 Å². The van der Waals surface area contributed by atoms with E-state index in [4.69, 9.17) is 21.4 Å². The third kappa shape index (κ3) is 4.10. The molecule has 0 spiro atoms. The standard InChI is InChI=1S/C17H16ClNO3/c1-11-7-13(9-19-15-5-3-14(18)4-6-15)17(21)16(8-11)22-12(2)10-20/h3-9,20-21H,2,10H2,1H3. The topological polar surface area (TPSA) is 62.0 Å². The predicted octanol–water partition coefficient (Wildman–Crippen LogP) is 3.99. The van der Waals surface area contributed by atoms with Crippen LogP contribution in [0.3, 0.4) is 0 Å². The lowest BCUT2D eigenvalue weighted by Crippen LogP contribution is -1.99. The first kappa shape index (κ1) is 16.1. The van der Waals surface area contributed by atoms with Crippen LogP contribution in [0.4, 0.5) is 5.69 Å². The fourth-order valence-electron chi connectivity index (χ4n) is 1.81. The van der Waals surface area contributed by atoms with E-state index in [2.05, 4.69) is 11.6 Å². The van der Waals surface area contributed by atoms with Gasteiger partial charge in [-0.05, 0) is 48.9 Å². The van der Waals surface area contributed by atoms with Crippen LogP contribution in [0.1, 0.15) is 11.1 Å². The van der Waals surface area contributed by atoms with Gasteiger partial charge in [0, 0.05) is 16.8 Å². The van der Waals surface area contributed by atoms with Crippen molar-refractivity contribution < 1.29 is 14.9 Å².